The molecule has 1 atom stereocenters. The Labute approximate surface area is 99.8 Å². The lowest BCUT2D eigenvalue weighted by Crippen LogP contribution is -2.47. The third-order valence-corrected chi connectivity index (χ3v) is 3.19. The fourth-order valence-electron chi connectivity index (χ4n) is 1.06. The van der Waals surface area contributed by atoms with Crippen LogP contribution in [0.1, 0.15) is 40.5 Å². The number of halogens is 2. The van der Waals surface area contributed by atoms with Crippen LogP contribution in [0.3, 0.4) is 0 Å². The van der Waals surface area contributed by atoms with Crippen molar-refractivity contribution in [2.45, 2.75) is 52.6 Å². The van der Waals surface area contributed by atoms with E-state index in [4.69, 9.17) is 0 Å². The van der Waals surface area contributed by atoms with E-state index in [-0.39, 0.29) is 0 Å². The number of unbranched alkanes of at least 4 members (excludes halogenated alkanes) is 1. The Balaban J connectivity index is 4.47. The monoisotopic (exact) mass is 254 g/mol. The van der Waals surface area contributed by atoms with Crippen molar-refractivity contribution in [1.82, 2.24) is 0 Å². The second-order valence-electron chi connectivity index (χ2n) is 4.88. The highest BCUT2D eigenvalue weighted by Crippen LogP contribution is 2.35. The average Bonchev–Trinajstić information content (AvgIpc) is 2.15. The van der Waals surface area contributed by atoms with Gasteiger partial charge >= 0.3 is 5.92 Å². The topological polar surface area (TPSA) is 37.3 Å². The molecule has 0 heterocycles. The van der Waals surface area contributed by atoms with E-state index >= 15 is 0 Å². The maximum absolute atomic E-state index is 13.5. The molecule has 0 bridgehead atoms. The standard InChI is InChI=1S/C11H20F2O2S/c1-5-6-7-16-9(15)11(12,13)8(14)10(2,3)4/h8,14H,5-7H2,1-4H3. The molecule has 0 amide bonds. The first kappa shape index (κ1) is 15.8. The third kappa shape index (κ3) is 4.37. The molecule has 0 aromatic rings. The Kier molecular flexibility index (Phi) is 5.90. The van der Waals surface area contributed by atoms with Crippen LogP contribution in [0.2, 0.25) is 0 Å². The number of hydrogen-bond acceptors (Lipinski definition) is 3. The number of aliphatic hydroxyl groups excluding tert-OH is 1. The van der Waals surface area contributed by atoms with Gasteiger partial charge < -0.3 is 5.11 Å². The van der Waals surface area contributed by atoms with Gasteiger partial charge in [-0.05, 0) is 11.8 Å². The van der Waals surface area contributed by atoms with Crippen LogP contribution in [0.15, 0.2) is 0 Å². The SMILES string of the molecule is CCCCSC(=O)C(F)(F)C(O)C(C)(C)C. The predicted octanol–water partition coefficient (Wildman–Crippen LogP) is 3.09. The molecule has 1 N–H and O–H groups in total. The second kappa shape index (κ2) is 5.96. The molecule has 0 saturated carbocycles. The van der Waals surface area contributed by atoms with Crippen LogP contribution in [-0.2, 0) is 4.79 Å². The van der Waals surface area contributed by atoms with Crippen molar-refractivity contribution in [3.05, 3.63) is 0 Å². The van der Waals surface area contributed by atoms with Crippen LogP contribution in [0, 0.1) is 5.41 Å². The van der Waals surface area contributed by atoms with E-state index in [9.17, 15) is 18.7 Å². The summed E-state index contributed by atoms with van der Waals surface area (Å²) in [4.78, 5) is 11.3. The molecular weight excluding hydrogens is 234 g/mol. The van der Waals surface area contributed by atoms with E-state index < -0.39 is 22.6 Å². The van der Waals surface area contributed by atoms with Gasteiger partial charge in [0.15, 0.2) is 0 Å². The summed E-state index contributed by atoms with van der Waals surface area (Å²) in [6.45, 7) is 6.37. The van der Waals surface area contributed by atoms with Gasteiger partial charge in [0.2, 0.25) is 0 Å². The first-order valence-corrected chi connectivity index (χ1v) is 6.35. The molecule has 0 radical (unpaired) electrons. The van der Waals surface area contributed by atoms with Crippen LogP contribution in [0.25, 0.3) is 0 Å². The van der Waals surface area contributed by atoms with Crippen LogP contribution in [-0.4, -0.2) is 28.0 Å². The smallest absolute Gasteiger partial charge is 0.340 e. The average molecular weight is 254 g/mol. The fraction of sp³-hybridized carbons (Fsp3) is 0.909. The molecule has 96 valence electrons. The number of carbonyl (C=O) groups excluding carboxylic acids is 1. The van der Waals surface area contributed by atoms with Gasteiger partial charge in [0, 0.05) is 5.75 Å². The molecule has 0 aromatic heterocycles. The minimum absolute atomic E-state index is 0.377. The number of rotatable bonds is 5. The first-order chi connectivity index (χ1) is 7.14. The molecule has 16 heavy (non-hydrogen) atoms. The lowest BCUT2D eigenvalue weighted by molar-refractivity contribution is -0.165. The molecule has 0 aliphatic carbocycles. The zero-order valence-electron chi connectivity index (χ0n) is 10.2. The van der Waals surface area contributed by atoms with Gasteiger partial charge in [-0.15, -0.1) is 0 Å². The van der Waals surface area contributed by atoms with Crippen molar-refractivity contribution in [1.29, 1.82) is 0 Å². The molecule has 0 spiro atoms. The van der Waals surface area contributed by atoms with Gasteiger partial charge in [0.25, 0.3) is 5.12 Å². The second-order valence-corrected chi connectivity index (χ2v) is 5.95. The van der Waals surface area contributed by atoms with E-state index in [1.54, 1.807) is 0 Å². The molecule has 1 unspecified atom stereocenters. The van der Waals surface area contributed by atoms with Crippen LogP contribution < -0.4 is 0 Å². The van der Waals surface area contributed by atoms with E-state index in [1.807, 2.05) is 6.92 Å². The van der Waals surface area contributed by atoms with Crippen molar-refractivity contribution in [3.8, 4) is 0 Å². The molecule has 0 aliphatic heterocycles. The van der Waals surface area contributed by atoms with Gasteiger partial charge in [-0.25, -0.2) is 0 Å². The van der Waals surface area contributed by atoms with E-state index in [0.29, 0.717) is 17.5 Å². The highest BCUT2D eigenvalue weighted by atomic mass is 32.2. The van der Waals surface area contributed by atoms with Gasteiger partial charge in [0.05, 0.1) is 0 Å². The Bertz CT molecular complexity index is 237. The highest BCUT2D eigenvalue weighted by Gasteiger charge is 2.51. The summed E-state index contributed by atoms with van der Waals surface area (Å²) in [5.41, 5.74) is -1.01. The van der Waals surface area contributed by atoms with E-state index in [1.165, 1.54) is 20.8 Å². The third-order valence-electron chi connectivity index (χ3n) is 2.17. The molecular formula is C11H20F2O2S. The molecule has 5 heteroatoms. The zero-order chi connectivity index (χ0) is 13.0. The summed E-state index contributed by atoms with van der Waals surface area (Å²) in [7, 11) is 0. The highest BCUT2D eigenvalue weighted by molar-refractivity contribution is 8.13. The quantitative estimate of drug-likeness (QED) is 0.766. The van der Waals surface area contributed by atoms with Crippen molar-refractivity contribution >= 4 is 16.9 Å². The van der Waals surface area contributed by atoms with Crippen molar-refractivity contribution in [2.24, 2.45) is 5.41 Å². The van der Waals surface area contributed by atoms with Gasteiger partial charge in [-0.1, -0.05) is 45.9 Å². The summed E-state index contributed by atoms with van der Waals surface area (Å²) >= 11 is 0.603. The molecule has 0 rings (SSSR count). The summed E-state index contributed by atoms with van der Waals surface area (Å²) in [5, 5.41) is 8.22. The Morgan fingerprint density at radius 1 is 1.38 bits per heavy atom. The molecule has 2 nitrogen and oxygen atoms in total. The minimum atomic E-state index is -3.67. The number of thioether (sulfide) groups is 1. The Morgan fingerprint density at radius 3 is 2.25 bits per heavy atom. The van der Waals surface area contributed by atoms with Crippen LogP contribution >= 0.6 is 11.8 Å². The predicted molar refractivity (Wildman–Crippen MR) is 62.8 cm³/mol. The van der Waals surface area contributed by atoms with Gasteiger partial charge in [-0.2, -0.15) is 8.78 Å². The lowest BCUT2D eigenvalue weighted by Gasteiger charge is -2.31. The van der Waals surface area contributed by atoms with Crippen molar-refractivity contribution in [3.63, 3.8) is 0 Å². The summed E-state index contributed by atoms with van der Waals surface area (Å²) in [6.07, 6.45) is -0.368. The normalized spacial score (nSPS) is 14.9. The number of carbonyl (C=O) groups is 1. The summed E-state index contributed by atoms with van der Waals surface area (Å²) in [6, 6.07) is 0. The number of hydrogen-bond donors (Lipinski definition) is 1. The fourth-order valence-corrected chi connectivity index (χ4v) is 1.98. The maximum atomic E-state index is 13.5. The van der Waals surface area contributed by atoms with Crippen LogP contribution in [0.5, 0.6) is 0 Å². The van der Waals surface area contributed by atoms with Gasteiger partial charge in [0.1, 0.15) is 6.10 Å². The minimum Gasteiger partial charge on any atom is -0.386 e. The number of alkyl halides is 2. The molecule has 0 fully saturated rings. The summed E-state index contributed by atoms with van der Waals surface area (Å²) < 4.78 is 27.0. The lowest BCUT2D eigenvalue weighted by atomic mass is 9.85. The molecule has 0 saturated heterocycles. The molecule has 0 aliphatic rings. The first-order valence-electron chi connectivity index (χ1n) is 5.37. The largest absolute Gasteiger partial charge is 0.386 e. The van der Waals surface area contributed by atoms with Gasteiger partial charge in [-0.3, -0.25) is 4.79 Å². The number of aliphatic hydroxyl groups is 1. The Hall–Kier alpha value is -0.160. The van der Waals surface area contributed by atoms with Crippen molar-refractivity contribution in [2.75, 3.05) is 5.75 Å². The molecule has 0 aromatic carbocycles. The van der Waals surface area contributed by atoms with E-state index in [2.05, 4.69) is 0 Å². The van der Waals surface area contributed by atoms with Crippen LogP contribution in [0.4, 0.5) is 8.78 Å². The maximum Gasteiger partial charge on any atom is 0.340 e. The Morgan fingerprint density at radius 2 is 1.88 bits per heavy atom. The van der Waals surface area contributed by atoms with E-state index in [0.717, 1.165) is 12.8 Å². The van der Waals surface area contributed by atoms with Crippen molar-refractivity contribution < 1.29 is 18.7 Å². The summed E-state index contributed by atoms with van der Waals surface area (Å²) in [5.74, 6) is -3.29. The zero-order valence-corrected chi connectivity index (χ0v) is 11.0.